The Morgan fingerprint density at radius 3 is 2.43 bits per heavy atom. The molecule has 1 aliphatic carbocycles. The van der Waals surface area contributed by atoms with Gasteiger partial charge in [0.1, 0.15) is 0 Å². The Bertz CT molecular complexity index is 395. The molecule has 3 atom stereocenters. The first-order chi connectivity index (χ1) is 10.3. The average Bonchev–Trinajstić information content (AvgIpc) is 2.93. The van der Waals surface area contributed by atoms with E-state index in [4.69, 9.17) is 0 Å². The molecule has 1 nitrogen and oxygen atoms in total. The van der Waals surface area contributed by atoms with E-state index in [1.807, 2.05) is 0 Å². The molecule has 1 aromatic rings. The highest BCUT2D eigenvalue weighted by molar-refractivity contribution is 5.26. The molecule has 1 fully saturated rings. The second-order valence-corrected chi connectivity index (χ2v) is 6.85. The summed E-state index contributed by atoms with van der Waals surface area (Å²) in [6.45, 7) is 8.09. The van der Waals surface area contributed by atoms with Crippen molar-refractivity contribution in [2.24, 2.45) is 11.8 Å². The van der Waals surface area contributed by atoms with Crippen molar-refractivity contribution >= 4 is 0 Å². The summed E-state index contributed by atoms with van der Waals surface area (Å²) in [6.07, 6.45) is 9.23. The minimum Gasteiger partial charge on any atom is -0.310 e. The molecule has 0 aliphatic heterocycles. The number of benzene rings is 1. The van der Waals surface area contributed by atoms with E-state index in [0.717, 1.165) is 18.4 Å². The minimum atomic E-state index is 0.558. The van der Waals surface area contributed by atoms with Gasteiger partial charge in [-0.1, -0.05) is 64.3 Å². The zero-order valence-electron chi connectivity index (χ0n) is 14.2. The van der Waals surface area contributed by atoms with Crippen LogP contribution in [0.1, 0.15) is 76.5 Å². The van der Waals surface area contributed by atoms with Gasteiger partial charge in [-0.05, 0) is 55.2 Å². The Kier molecular flexibility index (Phi) is 6.76. The molecule has 1 heteroatoms. The molecule has 118 valence electrons. The van der Waals surface area contributed by atoms with E-state index in [1.165, 1.54) is 56.1 Å². The van der Waals surface area contributed by atoms with Crippen LogP contribution in [0.15, 0.2) is 24.3 Å². The van der Waals surface area contributed by atoms with Crippen LogP contribution in [0.3, 0.4) is 0 Å². The summed E-state index contributed by atoms with van der Waals surface area (Å²) in [6, 6.07) is 10.0. The van der Waals surface area contributed by atoms with Crippen molar-refractivity contribution in [2.75, 3.05) is 6.54 Å². The Labute approximate surface area is 131 Å². The molecule has 1 aliphatic rings. The fourth-order valence-corrected chi connectivity index (χ4v) is 3.76. The lowest BCUT2D eigenvalue weighted by molar-refractivity contribution is 0.302. The van der Waals surface area contributed by atoms with Crippen LogP contribution >= 0.6 is 0 Å². The molecule has 0 spiro atoms. The highest BCUT2D eigenvalue weighted by Crippen LogP contribution is 2.40. The second-order valence-electron chi connectivity index (χ2n) is 6.85. The summed E-state index contributed by atoms with van der Waals surface area (Å²) in [5.74, 6) is 1.68. The van der Waals surface area contributed by atoms with Crippen LogP contribution in [-0.4, -0.2) is 6.54 Å². The lowest BCUT2D eigenvalue weighted by atomic mass is 9.85. The van der Waals surface area contributed by atoms with Crippen LogP contribution in [0.2, 0.25) is 0 Å². The molecule has 0 saturated heterocycles. The van der Waals surface area contributed by atoms with E-state index in [9.17, 15) is 0 Å². The molecule has 1 N–H and O–H groups in total. The van der Waals surface area contributed by atoms with Crippen molar-refractivity contribution in [1.82, 2.24) is 5.32 Å². The summed E-state index contributed by atoms with van der Waals surface area (Å²) in [5.41, 5.74) is 3.00. The topological polar surface area (TPSA) is 12.0 Å². The maximum Gasteiger partial charge on any atom is 0.0351 e. The van der Waals surface area contributed by atoms with E-state index in [-0.39, 0.29) is 0 Å². The van der Waals surface area contributed by atoms with Crippen molar-refractivity contribution in [3.63, 3.8) is 0 Å². The van der Waals surface area contributed by atoms with Crippen molar-refractivity contribution in [3.05, 3.63) is 35.4 Å². The normalized spacial score (nSPS) is 23.4. The SMILES string of the molecule is CCCCc1ccc(C(NCCC)C2CCCC2C)cc1. The van der Waals surface area contributed by atoms with Gasteiger partial charge in [0.25, 0.3) is 0 Å². The van der Waals surface area contributed by atoms with Gasteiger partial charge >= 0.3 is 0 Å². The van der Waals surface area contributed by atoms with Crippen LogP contribution in [0.5, 0.6) is 0 Å². The predicted molar refractivity (Wildman–Crippen MR) is 92.6 cm³/mol. The number of nitrogens with one attached hydrogen (secondary N) is 1. The first kappa shape index (κ1) is 16.5. The van der Waals surface area contributed by atoms with Crippen molar-refractivity contribution in [3.8, 4) is 0 Å². The first-order valence-corrected chi connectivity index (χ1v) is 9.08. The van der Waals surface area contributed by atoms with Gasteiger partial charge in [0.05, 0.1) is 0 Å². The van der Waals surface area contributed by atoms with Gasteiger partial charge in [-0.2, -0.15) is 0 Å². The van der Waals surface area contributed by atoms with Crippen molar-refractivity contribution in [2.45, 2.75) is 71.8 Å². The largest absolute Gasteiger partial charge is 0.310 e. The summed E-state index contributed by atoms with van der Waals surface area (Å²) in [7, 11) is 0. The standard InChI is InChI=1S/C20H33N/c1-4-6-9-17-11-13-18(14-12-17)20(21-15-5-2)19-10-7-8-16(19)3/h11-14,16,19-21H,4-10,15H2,1-3H3. The molecule has 1 aromatic carbocycles. The Morgan fingerprint density at radius 1 is 1.10 bits per heavy atom. The van der Waals surface area contributed by atoms with Gasteiger partial charge < -0.3 is 5.32 Å². The summed E-state index contributed by atoms with van der Waals surface area (Å²) >= 11 is 0. The molecule has 0 amide bonds. The van der Waals surface area contributed by atoms with Crippen LogP contribution < -0.4 is 5.32 Å². The third-order valence-corrected chi connectivity index (χ3v) is 5.13. The van der Waals surface area contributed by atoms with Gasteiger partial charge in [-0.3, -0.25) is 0 Å². The zero-order chi connectivity index (χ0) is 15.1. The number of rotatable bonds is 8. The van der Waals surface area contributed by atoms with Crippen molar-refractivity contribution in [1.29, 1.82) is 0 Å². The van der Waals surface area contributed by atoms with E-state index in [0.29, 0.717) is 6.04 Å². The molecule has 0 aromatic heterocycles. The number of aryl methyl sites for hydroxylation is 1. The molecule has 1 saturated carbocycles. The third kappa shape index (κ3) is 4.57. The Hall–Kier alpha value is -0.820. The van der Waals surface area contributed by atoms with Crippen LogP contribution in [-0.2, 0) is 6.42 Å². The maximum absolute atomic E-state index is 3.82. The Morgan fingerprint density at radius 2 is 1.86 bits per heavy atom. The average molecular weight is 287 g/mol. The fourth-order valence-electron chi connectivity index (χ4n) is 3.76. The van der Waals surface area contributed by atoms with E-state index in [1.54, 1.807) is 0 Å². The van der Waals surface area contributed by atoms with E-state index < -0.39 is 0 Å². The lowest BCUT2D eigenvalue weighted by Crippen LogP contribution is -2.30. The van der Waals surface area contributed by atoms with Gasteiger partial charge in [-0.25, -0.2) is 0 Å². The quantitative estimate of drug-likeness (QED) is 0.665. The van der Waals surface area contributed by atoms with E-state index in [2.05, 4.69) is 50.4 Å². The predicted octanol–water partition coefficient (Wildman–Crippen LogP) is 5.51. The molecule has 0 heterocycles. The Balaban J connectivity index is 2.08. The van der Waals surface area contributed by atoms with Gasteiger partial charge in [-0.15, -0.1) is 0 Å². The molecule has 0 radical (unpaired) electrons. The van der Waals surface area contributed by atoms with Gasteiger partial charge in [0.2, 0.25) is 0 Å². The number of hydrogen-bond donors (Lipinski definition) is 1. The second kappa shape index (κ2) is 8.58. The third-order valence-electron chi connectivity index (χ3n) is 5.13. The summed E-state index contributed by atoms with van der Waals surface area (Å²) in [4.78, 5) is 0. The molecule has 0 bridgehead atoms. The molecule has 2 rings (SSSR count). The fraction of sp³-hybridized carbons (Fsp3) is 0.700. The smallest absolute Gasteiger partial charge is 0.0351 e. The number of unbranched alkanes of at least 4 members (excludes halogenated alkanes) is 1. The van der Waals surface area contributed by atoms with Crippen LogP contribution in [0.4, 0.5) is 0 Å². The summed E-state index contributed by atoms with van der Waals surface area (Å²) in [5, 5.41) is 3.82. The maximum atomic E-state index is 3.82. The molecule has 3 unspecified atom stereocenters. The zero-order valence-corrected chi connectivity index (χ0v) is 14.2. The highest BCUT2D eigenvalue weighted by atomic mass is 14.9. The van der Waals surface area contributed by atoms with Crippen LogP contribution in [0, 0.1) is 11.8 Å². The summed E-state index contributed by atoms with van der Waals surface area (Å²) < 4.78 is 0. The molecule has 21 heavy (non-hydrogen) atoms. The van der Waals surface area contributed by atoms with E-state index >= 15 is 0 Å². The molecular weight excluding hydrogens is 254 g/mol. The molecular formula is C20H33N. The lowest BCUT2D eigenvalue weighted by Gasteiger charge is -2.28. The minimum absolute atomic E-state index is 0.558. The first-order valence-electron chi connectivity index (χ1n) is 9.08. The van der Waals surface area contributed by atoms with Gasteiger partial charge in [0, 0.05) is 6.04 Å². The van der Waals surface area contributed by atoms with Crippen molar-refractivity contribution < 1.29 is 0 Å². The monoisotopic (exact) mass is 287 g/mol. The highest BCUT2D eigenvalue weighted by Gasteiger charge is 2.31. The number of hydrogen-bond acceptors (Lipinski definition) is 1. The van der Waals surface area contributed by atoms with Gasteiger partial charge in [0.15, 0.2) is 0 Å². The van der Waals surface area contributed by atoms with Crippen LogP contribution in [0.25, 0.3) is 0 Å².